The minimum Gasteiger partial charge on any atom is -0.480 e. The van der Waals surface area contributed by atoms with Gasteiger partial charge in [-0.05, 0) is 58.4 Å². The van der Waals surface area contributed by atoms with Crippen molar-refractivity contribution in [1.82, 2.24) is 15.5 Å². The minimum atomic E-state index is -1.20. The number of nitrogens with two attached hydrogens (primary N) is 4. The highest BCUT2D eigenvalue weighted by Crippen LogP contribution is 2.19. The Bertz CT molecular complexity index is 711. The number of aliphatic carboxylic acids is 1. The number of amides is 3. The summed E-state index contributed by atoms with van der Waals surface area (Å²) >= 11 is 0. The fourth-order valence-corrected chi connectivity index (χ4v) is 3.63. The number of aliphatic imine (C=N–C) groups is 1. The first-order valence-corrected chi connectivity index (χ1v) is 11.2. The zero-order valence-electron chi connectivity index (χ0n) is 19.2. The molecule has 33 heavy (non-hydrogen) atoms. The van der Waals surface area contributed by atoms with Crippen LogP contribution in [0, 0.1) is 0 Å². The summed E-state index contributed by atoms with van der Waals surface area (Å²) in [4.78, 5) is 54.9. The molecule has 13 heteroatoms. The summed E-state index contributed by atoms with van der Waals surface area (Å²) in [5, 5.41) is 14.6. The molecule has 3 amide bonds. The molecule has 0 aromatic heterocycles. The van der Waals surface area contributed by atoms with Gasteiger partial charge in [0.05, 0.1) is 6.04 Å². The molecule has 1 aliphatic rings. The van der Waals surface area contributed by atoms with Crippen LogP contribution in [0.15, 0.2) is 4.99 Å². The molecule has 1 aliphatic heterocycles. The van der Waals surface area contributed by atoms with Crippen LogP contribution < -0.4 is 33.6 Å². The number of likely N-dealkylation sites (tertiary alicyclic amines) is 1. The number of nitrogens with zero attached hydrogens (tertiary/aromatic N) is 2. The van der Waals surface area contributed by atoms with Gasteiger partial charge in [-0.25, -0.2) is 4.79 Å². The van der Waals surface area contributed by atoms with Crippen molar-refractivity contribution in [2.45, 2.75) is 76.0 Å². The number of carbonyl (C=O) groups excluding carboxylic acids is 3. The number of carboxylic acid groups (broad SMARTS) is 1. The molecule has 0 aliphatic carbocycles. The number of guanidine groups is 1. The van der Waals surface area contributed by atoms with E-state index in [1.165, 1.54) is 4.90 Å². The van der Waals surface area contributed by atoms with Gasteiger partial charge in [-0.15, -0.1) is 0 Å². The summed E-state index contributed by atoms with van der Waals surface area (Å²) in [6.45, 7) is 2.62. The summed E-state index contributed by atoms with van der Waals surface area (Å²) in [5.41, 5.74) is 21.7. The van der Waals surface area contributed by atoms with Gasteiger partial charge in [0.15, 0.2) is 5.96 Å². The van der Waals surface area contributed by atoms with Gasteiger partial charge in [0.25, 0.3) is 0 Å². The molecule has 4 atom stereocenters. The van der Waals surface area contributed by atoms with Crippen molar-refractivity contribution < 1.29 is 24.3 Å². The van der Waals surface area contributed by atoms with Crippen molar-refractivity contribution in [3.05, 3.63) is 0 Å². The maximum Gasteiger partial charge on any atom is 0.326 e. The average Bonchev–Trinajstić information content (AvgIpc) is 3.24. The Morgan fingerprint density at radius 3 is 2.33 bits per heavy atom. The zero-order chi connectivity index (χ0) is 25.0. The molecule has 4 unspecified atom stereocenters. The topological polar surface area (TPSA) is 232 Å². The molecular formula is C20H38N8O5. The molecule has 1 rings (SSSR count). The summed E-state index contributed by atoms with van der Waals surface area (Å²) in [5.74, 6) is -2.71. The van der Waals surface area contributed by atoms with Crippen molar-refractivity contribution in [2.24, 2.45) is 27.9 Å². The number of carbonyl (C=O) groups is 4. The van der Waals surface area contributed by atoms with Crippen LogP contribution in [0.5, 0.6) is 0 Å². The van der Waals surface area contributed by atoms with Gasteiger partial charge < -0.3 is 43.6 Å². The van der Waals surface area contributed by atoms with E-state index < -0.39 is 42.0 Å². The number of hydrogen-bond acceptors (Lipinski definition) is 7. The summed E-state index contributed by atoms with van der Waals surface area (Å²) in [7, 11) is 0. The molecule has 1 heterocycles. The number of hydrogen-bond donors (Lipinski definition) is 7. The Hall–Kier alpha value is -2.93. The van der Waals surface area contributed by atoms with Crippen LogP contribution in [-0.4, -0.2) is 83.5 Å². The molecule has 11 N–H and O–H groups in total. The van der Waals surface area contributed by atoms with Crippen LogP contribution in [0.25, 0.3) is 0 Å². The minimum absolute atomic E-state index is 0.0999. The second kappa shape index (κ2) is 14.3. The normalized spacial score (nSPS) is 18.2. The van der Waals surface area contributed by atoms with E-state index in [0.717, 1.165) is 0 Å². The van der Waals surface area contributed by atoms with E-state index in [-0.39, 0.29) is 31.3 Å². The van der Waals surface area contributed by atoms with Crippen molar-refractivity contribution in [3.63, 3.8) is 0 Å². The largest absolute Gasteiger partial charge is 0.480 e. The molecule has 0 aromatic carbocycles. The number of rotatable bonds is 14. The average molecular weight is 471 g/mol. The maximum absolute atomic E-state index is 12.9. The highest BCUT2D eigenvalue weighted by molar-refractivity contribution is 5.94. The van der Waals surface area contributed by atoms with Crippen LogP contribution in [0.3, 0.4) is 0 Å². The predicted molar refractivity (Wildman–Crippen MR) is 123 cm³/mol. The predicted octanol–water partition coefficient (Wildman–Crippen LogP) is -2.44. The van der Waals surface area contributed by atoms with Crippen LogP contribution in [0.1, 0.15) is 51.9 Å². The van der Waals surface area contributed by atoms with Crippen molar-refractivity contribution in [1.29, 1.82) is 0 Å². The van der Waals surface area contributed by atoms with Crippen LogP contribution in [0.4, 0.5) is 0 Å². The number of nitrogens with one attached hydrogen (secondary N) is 2. The van der Waals surface area contributed by atoms with Gasteiger partial charge in [-0.3, -0.25) is 19.4 Å². The molecule has 1 fully saturated rings. The van der Waals surface area contributed by atoms with Crippen molar-refractivity contribution >= 4 is 29.7 Å². The second-order valence-corrected chi connectivity index (χ2v) is 8.17. The molecule has 0 bridgehead atoms. The molecule has 1 saturated heterocycles. The molecule has 188 valence electrons. The van der Waals surface area contributed by atoms with Crippen LogP contribution >= 0.6 is 0 Å². The fraction of sp³-hybridized carbons (Fsp3) is 0.750. The quantitative estimate of drug-likeness (QED) is 0.0810. The first-order valence-electron chi connectivity index (χ1n) is 11.2. The molecule has 0 spiro atoms. The lowest BCUT2D eigenvalue weighted by atomic mass is 10.1. The summed E-state index contributed by atoms with van der Waals surface area (Å²) < 4.78 is 0. The van der Waals surface area contributed by atoms with Gasteiger partial charge >= 0.3 is 5.97 Å². The van der Waals surface area contributed by atoms with Gasteiger partial charge in [-0.1, -0.05) is 0 Å². The van der Waals surface area contributed by atoms with E-state index in [4.69, 9.17) is 22.9 Å². The van der Waals surface area contributed by atoms with E-state index in [0.29, 0.717) is 45.2 Å². The number of unbranched alkanes of at least 4 members (excludes halogenated alkanes) is 1. The van der Waals surface area contributed by atoms with E-state index in [1.807, 2.05) is 0 Å². The smallest absolute Gasteiger partial charge is 0.326 e. The lowest BCUT2D eigenvalue weighted by Crippen LogP contribution is -2.56. The Labute approximate surface area is 193 Å². The van der Waals surface area contributed by atoms with Crippen molar-refractivity contribution in [2.75, 3.05) is 19.6 Å². The van der Waals surface area contributed by atoms with Crippen molar-refractivity contribution in [3.8, 4) is 0 Å². The van der Waals surface area contributed by atoms with Gasteiger partial charge in [0.1, 0.15) is 18.1 Å². The molecule has 0 aromatic rings. The lowest BCUT2D eigenvalue weighted by Gasteiger charge is -2.28. The van der Waals surface area contributed by atoms with Gasteiger partial charge in [0, 0.05) is 13.1 Å². The zero-order valence-corrected chi connectivity index (χ0v) is 19.2. The monoisotopic (exact) mass is 470 g/mol. The van der Waals surface area contributed by atoms with E-state index in [2.05, 4.69) is 15.6 Å². The van der Waals surface area contributed by atoms with E-state index in [1.54, 1.807) is 6.92 Å². The van der Waals surface area contributed by atoms with E-state index >= 15 is 0 Å². The third-order valence-corrected chi connectivity index (χ3v) is 5.37. The molecular weight excluding hydrogens is 432 g/mol. The third kappa shape index (κ3) is 9.61. The maximum atomic E-state index is 12.9. The Morgan fingerprint density at radius 1 is 1.09 bits per heavy atom. The Balaban J connectivity index is 2.84. The highest BCUT2D eigenvalue weighted by Gasteiger charge is 2.37. The van der Waals surface area contributed by atoms with Crippen LogP contribution in [0.2, 0.25) is 0 Å². The van der Waals surface area contributed by atoms with Crippen LogP contribution in [-0.2, 0) is 19.2 Å². The number of carboxylic acids is 1. The summed E-state index contributed by atoms with van der Waals surface area (Å²) in [6.07, 6.45) is 3.05. The SMILES string of the molecule is CC(N)C(=O)N1CCCC1C(=O)NC(CCCCN)C(=O)NC(CCCN=C(N)N)C(=O)O. The Kier molecular flexibility index (Phi) is 12.1. The van der Waals surface area contributed by atoms with E-state index in [9.17, 15) is 24.3 Å². The summed E-state index contributed by atoms with van der Waals surface area (Å²) in [6, 6.07) is -3.58. The van der Waals surface area contributed by atoms with Gasteiger partial charge in [-0.2, -0.15) is 0 Å². The second-order valence-electron chi connectivity index (χ2n) is 8.17. The molecule has 0 saturated carbocycles. The van der Waals surface area contributed by atoms with Gasteiger partial charge in [0.2, 0.25) is 17.7 Å². The fourth-order valence-electron chi connectivity index (χ4n) is 3.63. The third-order valence-electron chi connectivity index (χ3n) is 5.37. The molecule has 13 nitrogen and oxygen atoms in total. The highest BCUT2D eigenvalue weighted by atomic mass is 16.4. The first kappa shape index (κ1) is 28.1. The Morgan fingerprint density at radius 2 is 1.76 bits per heavy atom. The molecule has 0 radical (unpaired) electrons. The first-order chi connectivity index (χ1) is 15.6. The standard InChI is InChI=1S/C20H38N8O5/c1-12(22)18(31)28-11-5-8-15(28)17(30)26-13(6-2-3-9-21)16(29)27-14(19(32)33)7-4-10-25-20(23)24/h12-15H,2-11,21-22H2,1H3,(H,26,30)(H,27,29)(H,32,33)(H4,23,24,25). The lowest BCUT2D eigenvalue weighted by molar-refractivity contribution is -0.143.